The van der Waals surface area contributed by atoms with Crippen molar-refractivity contribution in [3.8, 4) is 11.5 Å². The molecule has 1 atom stereocenters. The van der Waals surface area contributed by atoms with Crippen LogP contribution in [0.1, 0.15) is 12.5 Å². The fraction of sp³-hybridized carbons (Fsp3) is 0.455. The highest BCUT2D eigenvalue weighted by atomic mass is 31.2. The fourth-order valence-corrected chi connectivity index (χ4v) is 2.00. The Morgan fingerprint density at radius 3 is 2.89 bits per heavy atom. The van der Waals surface area contributed by atoms with Crippen LogP contribution in [0.25, 0.3) is 0 Å². The van der Waals surface area contributed by atoms with Crippen molar-refractivity contribution in [2.24, 2.45) is 0 Å². The lowest BCUT2D eigenvalue weighted by molar-refractivity contribution is 0.174. The molecule has 7 nitrogen and oxygen atoms in total. The Morgan fingerprint density at radius 2 is 2.16 bits per heavy atom. The van der Waals surface area contributed by atoms with E-state index in [1.807, 2.05) is 25.1 Å². The van der Waals surface area contributed by atoms with Crippen molar-refractivity contribution in [2.45, 2.75) is 19.4 Å². The molecule has 0 unspecified atom stereocenters. The molecule has 0 fully saturated rings. The van der Waals surface area contributed by atoms with Crippen LogP contribution in [-0.2, 0) is 15.5 Å². The summed E-state index contributed by atoms with van der Waals surface area (Å²) in [4.78, 5) is 17.1. The smallest absolute Gasteiger partial charge is 0.454 e. The van der Waals surface area contributed by atoms with Gasteiger partial charge in [-0.3, -0.25) is 9.84 Å². The van der Waals surface area contributed by atoms with Crippen LogP contribution < -0.4 is 14.8 Å². The summed E-state index contributed by atoms with van der Waals surface area (Å²) in [7, 11) is -4.41. The maximum absolute atomic E-state index is 10.5. The first-order valence-corrected chi connectivity index (χ1v) is 7.29. The number of nitrogens with one attached hydrogen (secondary N) is 1. The quantitative estimate of drug-likeness (QED) is 0.531. The van der Waals surface area contributed by atoms with Crippen LogP contribution in [0.15, 0.2) is 18.2 Å². The highest BCUT2D eigenvalue weighted by Gasteiger charge is 2.16. The van der Waals surface area contributed by atoms with Gasteiger partial charge >= 0.3 is 7.82 Å². The summed E-state index contributed by atoms with van der Waals surface area (Å²) in [6.07, 6.45) is 0.682. The van der Waals surface area contributed by atoms with Gasteiger partial charge in [-0.1, -0.05) is 6.07 Å². The number of benzene rings is 1. The molecule has 1 heterocycles. The van der Waals surface area contributed by atoms with Crippen molar-refractivity contribution in [2.75, 3.05) is 13.5 Å². The summed E-state index contributed by atoms with van der Waals surface area (Å²) in [5, 5.41) is 2.87. The molecule has 0 saturated carbocycles. The van der Waals surface area contributed by atoms with Gasteiger partial charge in [0.15, 0.2) is 11.5 Å². The molecule has 0 aliphatic carbocycles. The summed E-state index contributed by atoms with van der Waals surface area (Å²) in [6.45, 7) is 1.94. The molecule has 0 spiro atoms. The lowest BCUT2D eigenvalue weighted by atomic mass is 10.1. The van der Waals surface area contributed by atoms with Crippen molar-refractivity contribution in [1.29, 1.82) is 0 Å². The Kier molecular flexibility index (Phi) is 4.44. The number of ether oxygens (including phenoxy) is 2. The van der Waals surface area contributed by atoms with Crippen LogP contribution >= 0.6 is 7.82 Å². The maximum Gasteiger partial charge on any atom is 0.470 e. The van der Waals surface area contributed by atoms with Crippen molar-refractivity contribution >= 4 is 7.82 Å². The number of phosphoric ester groups is 1. The Hall–Kier alpha value is -1.11. The average Bonchev–Trinajstić information content (AvgIpc) is 2.74. The molecular formula is C11H16NO6P. The molecule has 2 rings (SSSR count). The van der Waals surface area contributed by atoms with Gasteiger partial charge in [-0.2, -0.15) is 0 Å². The summed E-state index contributed by atoms with van der Waals surface area (Å²) in [6, 6.07) is 5.67. The average molecular weight is 289 g/mol. The summed E-state index contributed by atoms with van der Waals surface area (Å²) in [5.74, 6) is 1.45. The Balaban J connectivity index is 1.82. The van der Waals surface area contributed by atoms with Crippen LogP contribution in [0, 0.1) is 0 Å². The van der Waals surface area contributed by atoms with Crippen LogP contribution in [0.5, 0.6) is 11.5 Å². The summed E-state index contributed by atoms with van der Waals surface area (Å²) < 4.78 is 25.3. The van der Waals surface area contributed by atoms with Gasteiger partial charge in [-0.25, -0.2) is 4.57 Å². The Morgan fingerprint density at radius 1 is 1.42 bits per heavy atom. The van der Waals surface area contributed by atoms with Crippen molar-refractivity contribution < 1.29 is 28.3 Å². The van der Waals surface area contributed by atoms with Crippen LogP contribution in [0.4, 0.5) is 0 Å². The predicted octanol–water partition coefficient (Wildman–Crippen LogP) is 1.00. The molecule has 0 amide bonds. The molecule has 0 radical (unpaired) electrons. The normalized spacial score (nSPS) is 15.5. The lowest BCUT2D eigenvalue weighted by Gasteiger charge is -2.14. The van der Waals surface area contributed by atoms with Crippen molar-refractivity contribution in [3.63, 3.8) is 0 Å². The zero-order valence-corrected chi connectivity index (χ0v) is 11.3. The molecule has 0 saturated heterocycles. The molecule has 3 N–H and O–H groups in total. The fourth-order valence-electron chi connectivity index (χ4n) is 1.76. The van der Waals surface area contributed by atoms with Gasteiger partial charge in [0.05, 0.1) is 0 Å². The van der Waals surface area contributed by atoms with E-state index >= 15 is 0 Å². The van der Waals surface area contributed by atoms with E-state index in [4.69, 9.17) is 19.3 Å². The van der Waals surface area contributed by atoms with E-state index < -0.39 is 7.82 Å². The number of phosphoric acid groups is 1. The Bertz CT molecular complexity index is 488. The van der Waals surface area contributed by atoms with Gasteiger partial charge in [0.2, 0.25) is 6.79 Å². The number of rotatable bonds is 6. The number of hydrogen-bond donors (Lipinski definition) is 3. The standard InChI is InChI=1S/C11H16NO6P/c1-8(12-6-18-19(13,14)15)4-9-2-3-10-11(5-9)17-7-16-10/h2-3,5,8,12H,4,6-7H2,1H3,(H2,13,14,15)/t8-/m1/s1. The van der Waals surface area contributed by atoms with E-state index in [-0.39, 0.29) is 19.6 Å². The molecular weight excluding hydrogens is 273 g/mol. The zero-order valence-electron chi connectivity index (χ0n) is 10.4. The molecule has 1 aromatic rings. The second-order valence-electron chi connectivity index (χ2n) is 4.26. The lowest BCUT2D eigenvalue weighted by Crippen LogP contribution is -2.29. The second-order valence-corrected chi connectivity index (χ2v) is 5.50. The third-order valence-electron chi connectivity index (χ3n) is 2.64. The first kappa shape index (κ1) is 14.3. The minimum absolute atomic E-state index is 0.00641. The van der Waals surface area contributed by atoms with Gasteiger partial charge in [0.25, 0.3) is 0 Å². The molecule has 8 heteroatoms. The van der Waals surface area contributed by atoms with E-state index in [2.05, 4.69) is 9.84 Å². The monoisotopic (exact) mass is 289 g/mol. The van der Waals surface area contributed by atoms with Gasteiger partial charge in [-0.15, -0.1) is 0 Å². The van der Waals surface area contributed by atoms with E-state index in [9.17, 15) is 4.57 Å². The molecule has 19 heavy (non-hydrogen) atoms. The number of fused-ring (bicyclic) bond motifs is 1. The van der Waals surface area contributed by atoms with Crippen LogP contribution in [0.2, 0.25) is 0 Å². The summed E-state index contributed by atoms with van der Waals surface area (Å²) >= 11 is 0. The van der Waals surface area contributed by atoms with E-state index in [0.717, 1.165) is 17.1 Å². The van der Waals surface area contributed by atoms with E-state index in [0.29, 0.717) is 6.42 Å². The first-order valence-electron chi connectivity index (χ1n) is 5.76. The molecule has 1 aliphatic heterocycles. The van der Waals surface area contributed by atoms with Crippen molar-refractivity contribution in [3.05, 3.63) is 23.8 Å². The van der Waals surface area contributed by atoms with Gasteiger partial charge in [0.1, 0.15) is 6.73 Å². The zero-order chi connectivity index (χ0) is 13.9. The van der Waals surface area contributed by atoms with Crippen molar-refractivity contribution in [1.82, 2.24) is 5.32 Å². The highest BCUT2D eigenvalue weighted by Crippen LogP contribution is 2.35. The molecule has 0 bridgehead atoms. The first-order chi connectivity index (χ1) is 8.94. The van der Waals surface area contributed by atoms with Gasteiger partial charge < -0.3 is 19.3 Å². The minimum Gasteiger partial charge on any atom is -0.454 e. The summed E-state index contributed by atoms with van der Waals surface area (Å²) in [5.41, 5.74) is 1.04. The maximum atomic E-state index is 10.5. The molecule has 0 aromatic heterocycles. The Labute approximate surface area is 110 Å². The number of hydrogen-bond acceptors (Lipinski definition) is 5. The molecule has 106 valence electrons. The van der Waals surface area contributed by atoms with Crippen LogP contribution in [-0.4, -0.2) is 29.4 Å². The van der Waals surface area contributed by atoms with Gasteiger partial charge in [0, 0.05) is 6.04 Å². The second kappa shape index (κ2) is 5.90. The van der Waals surface area contributed by atoms with E-state index in [1.54, 1.807) is 0 Å². The predicted molar refractivity (Wildman–Crippen MR) is 66.9 cm³/mol. The minimum atomic E-state index is -4.41. The SMILES string of the molecule is C[C@H](Cc1ccc2c(c1)OCO2)NCOP(=O)(O)O. The third-order valence-corrected chi connectivity index (χ3v) is 3.11. The molecule has 1 aliphatic rings. The molecule has 1 aromatic carbocycles. The van der Waals surface area contributed by atoms with E-state index in [1.165, 1.54) is 0 Å². The third kappa shape index (κ3) is 4.49. The van der Waals surface area contributed by atoms with Crippen LogP contribution in [0.3, 0.4) is 0 Å². The largest absolute Gasteiger partial charge is 0.470 e. The van der Waals surface area contributed by atoms with Gasteiger partial charge in [-0.05, 0) is 31.0 Å². The highest BCUT2D eigenvalue weighted by molar-refractivity contribution is 7.46. The topological polar surface area (TPSA) is 97.2 Å².